The molecule has 8 heteroatoms. The molecule has 3 fully saturated rings. The number of para-hydroxylation sites is 1. The molecule has 1 aromatic heterocycles. The summed E-state index contributed by atoms with van der Waals surface area (Å²) >= 11 is 0. The monoisotopic (exact) mass is 465 g/mol. The quantitative estimate of drug-likeness (QED) is 0.654. The Morgan fingerprint density at radius 3 is 2.24 bits per heavy atom. The maximum Gasteiger partial charge on any atom is 0.261 e. The maximum absolute atomic E-state index is 13.0. The van der Waals surface area contributed by atoms with Crippen LogP contribution in [-0.4, -0.2) is 81.9 Å². The molecule has 3 heterocycles. The molecule has 2 aliphatic heterocycles. The zero-order valence-corrected chi connectivity index (χ0v) is 20.0. The van der Waals surface area contributed by atoms with Crippen molar-refractivity contribution in [2.45, 2.75) is 57.4 Å². The fraction of sp³-hybridized carbons (Fsp3) is 0.615. The van der Waals surface area contributed by atoms with Gasteiger partial charge in [0.2, 0.25) is 11.8 Å². The SMILES string of the molecule is O=C(CCc1nc2ccccc2c(=O)n1C1CC1)N1CCN(CC(=O)N2CCCCCC2)CC1. The average molecular weight is 466 g/mol. The predicted molar refractivity (Wildman–Crippen MR) is 131 cm³/mol. The molecule has 2 amide bonds. The van der Waals surface area contributed by atoms with Gasteiger partial charge in [-0.3, -0.25) is 23.9 Å². The van der Waals surface area contributed by atoms with Gasteiger partial charge in [-0.25, -0.2) is 4.98 Å². The first-order valence-electron chi connectivity index (χ1n) is 12.9. The molecule has 34 heavy (non-hydrogen) atoms. The fourth-order valence-electron chi connectivity index (χ4n) is 5.22. The summed E-state index contributed by atoms with van der Waals surface area (Å²) in [6.07, 6.45) is 7.47. The Hall–Kier alpha value is -2.74. The number of carbonyl (C=O) groups is 2. The average Bonchev–Trinajstić information content (AvgIpc) is 3.70. The first-order chi connectivity index (χ1) is 16.6. The first kappa shape index (κ1) is 23.0. The van der Waals surface area contributed by atoms with Crippen molar-refractivity contribution in [3.8, 4) is 0 Å². The predicted octanol–water partition coefficient (Wildman–Crippen LogP) is 2.21. The second-order valence-corrected chi connectivity index (χ2v) is 9.90. The van der Waals surface area contributed by atoms with Gasteiger partial charge >= 0.3 is 0 Å². The number of nitrogens with zero attached hydrogens (tertiary/aromatic N) is 5. The first-order valence-corrected chi connectivity index (χ1v) is 12.9. The molecule has 1 aliphatic carbocycles. The van der Waals surface area contributed by atoms with Gasteiger partial charge < -0.3 is 9.80 Å². The minimum atomic E-state index is 0.0123. The minimum Gasteiger partial charge on any atom is -0.342 e. The smallest absolute Gasteiger partial charge is 0.261 e. The van der Waals surface area contributed by atoms with E-state index in [1.54, 1.807) is 0 Å². The minimum absolute atomic E-state index is 0.0123. The van der Waals surface area contributed by atoms with Crippen LogP contribution >= 0.6 is 0 Å². The Balaban J connectivity index is 1.15. The van der Waals surface area contributed by atoms with Gasteiger partial charge in [0, 0.05) is 58.2 Å². The summed E-state index contributed by atoms with van der Waals surface area (Å²) in [5, 5.41) is 0.648. The third-order valence-corrected chi connectivity index (χ3v) is 7.40. The highest BCUT2D eigenvalue weighted by atomic mass is 16.2. The maximum atomic E-state index is 13.0. The van der Waals surface area contributed by atoms with Gasteiger partial charge in [0.05, 0.1) is 17.4 Å². The molecule has 0 N–H and O–H groups in total. The van der Waals surface area contributed by atoms with Gasteiger partial charge in [0.15, 0.2) is 0 Å². The summed E-state index contributed by atoms with van der Waals surface area (Å²) in [7, 11) is 0. The second kappa shape index (κ2) is 10.3. The molecular weight excluding hydrogens is 430 g/mol. The lowest BCUT2D eigenvalue weighted by atomic mass is 10.2. The second-order valence-electron chi connectivity index (χ2n) is 9.90. The molecule has 2 aromatic rings. The molecule has 5 rings (SSSR count). The van der Waals surface area contributed by atoms with Gasteiger partial charge in [-0.15, -0.1) is 0 Å². The molecule has 182 valence electrons. The lowest BCUT2D eigenvalue weighted by molar-refractivity contribution is -0.135. The molecule has 0 spiro atoms. The van der Waals surface area contributed by atoms with Crippen molar-refractivity contribution in [2.24, 2.45) is 0 Å². The summed E-state index contributed by atoms with van der Waals surface area (Å²) in [4.78, 5) is 49.5. The van der Waals surface area contributed by atoms with E-state index in [2.05, 4.69) is 4.90 Å². The van der Waals surface area contributed by atoms with E-state index in [1.165, 1.54) is 12.8 Å². The van der Waals surface area contributed by atoms with Crippen LogP contribution < -0.4 is 5.56 Å². The largest absolute Gasteiger partial charge is 0.342 e. The van der Waals surface area contributed by atoms with Crippen LogP contribution in [0.25, 0.3) is 10.9 Å². The van der Waals surface area contributed by atoms with Crippen LogP contribution in [0.1, 0.15) is 56.8 Å². The highest BCUT2D eigenvalue weighted by Gasteiger charge is 2.29. The number of benzene rings is 1. The summed E-state index contributed by atoms with van der Waals surface area (Å²) < 4.78 is 1.82. The van der Waals surface area contributed by atoms with E-state index >= 15 is 0 Å². The Morgan fingerprint density at radius 2 is 1.53 bits per heavy atom. The molecule has 8 nitrogen and oxygen atoms in total. The van der Waals surface area contributed by atoms with Crippen molar-refractivity contribution in [1.82, 2.24) is 24.3 Å². The van der Waals surface area contributed by atoms with Gasteiger partial charge in [0.25, 0.3) is 5.56 Å². The Labute approximate surface area is 200 Å². The molecule has 0 atom stereocenters. The summed E-state index contributed by atoms with van der Waals surface area (Å²) in [6.45, 7) is 4.97. The van der Waals surface area contributed by atoms with E-state index in [0.717, 1.165) is 57.7 Å². The number of amides is 2. The lowest BCUT2D eigenvalue weighted by Gasteiger charge is -2.35. The third-order valence-electron chi connectivity index (χ3n) is 7.40. The summed E-state index contributed by atoms with van der Waals surface area (Å²) in [5.74, 6) is 1.05. The van der Waals surface area contributed by atoms with Crippen molar-refractivity contribution >= 4 is 22.7 Å². The molecule has 0 unspecified atom stereocenters. The van der Waals surface area contributed by atoms with E-state index in [-0.39, 0.29) is 23.4 Å². The Kier molecular flexibility index (Phi) is 6.94. The molecule has 0 bridgehead atoms. The number of carbonyl (C=O) groups excluding carboxylic acids is 2. The summed E-state index contributed by atoms with van der Waals surface area (Å²) in [6, 6.07) is 7.68. The number of piperazine rings is 1. The number of aryl methyl sites for hydroxylation is 1. The van der Waals surface area contributed by atoms with E-state index in [0.29, 0.717) is 43.4 Å². The van der Waals surface area contributed by atoms with Gasteiger partial charge in [-0.2, -0.15) is 0 Å². The van der Waals surface area contributed by atoms with E-state index in [1.807, 2.05) is 38.6 Å². The third kappa shape index (κ3) is 5.17. The number of fused-ring (bicyclic) bond motifs is 1. The highest BCUT2D eigenvalue weighted by Crippen LogP contribution is 2.35. The Morgan fingerprint density at radius 1 is 0.853 bits per heavy atom. The van der Waals surface area contributed by atoms with Crippen LogP contribution in [0, 0.1) is 0 Å². The van der Waals surface area contributed by atoms with Crippen molar-refractivity contribution in [2.75, 3.05) is 45.8 Å². The summed E-state index contributed by atoms with van der Waals surface area (Å²) in [5.41, 5.74) is 0.716. The standard InChI is InChI=1S/C26H35N5O3/c32-24(30-17-15-28(16-18-30)19-25(33)29-13-5-1-2-6-14-29)12-11-23-27-22-8-4-3-7-21(22)26(34)31(23)20-9-10-20/h3-4,7-8,20H,1-2,5-6,9-19H2. The molecule has 1 aromatic carbocycles. The Bertz CT molecular complexity index is 1090. The molecule has 3 aliphatic rings. The highest BCUT2D eigenvalue weighted by molar-refractivity contribution is 5.79. The van der Waals surface area contributed by atoms with Crippen LogP contribution in [0.15, 0.2) is 29.1 Å². The van der Waals surface area contributed by atoms with Gasteiger partial charge in [-0.1, -0.05) is 25.0 Å². The molecule has 1 saturated carbocycles. The molecule has 0 radical (unpaired) electrons. The van der Waals surface area contributed by atoms with Crippen molar-refractivity contribution < 1.29 is 9.59 Å². The number of hydrogen-bond donors (Lipinski definition) is 0. The topological polar surface area (TPSA) is 78.8 Å². The van der Waals surface area contributed by atoms with Gasteiger partial charge in [-0.05, 0) is 37.8 Å². The number of hydrogen-bond acceptors (Lipinski definition) is 5. The zero-order valence-electron chi connectivity index (χ0n) is 20.0. The number of likely N-dealkylation sites (tertiary alicyclic amines) is 1. The molecular formula is C26H35N5O3. The van der Waals surface area contributed by atoms with Crippen LogP contribution in [0.5, 0.6) is 0 Å². The number of aromatic nitrogens is 2. The van der Waals surface area contributed by atoms with Crippen LogP contribution in [0.4, 0.5) is 0 Å². The van der Waals surface area contributed by atoms with E-state index in [4.69, 9.17) is 4.98 Å². The van der Waals surface area contributed by atoms with Crippen LogP contribution in [-0.2, 0) is 16.0 Å². The van der Waals surface area contributed by atoms with Crippen LogP contribution in [0.3, 0.4) is 0 Å². The number of rotatable bonds is 6. The van der Waals surface area contributed by atoms with Crippen molar-refractivity contribution in [3.05, 3.63) is 40.4 Å². The molecule has 2 saturated heterocycles. The van der Waals surface area contributed by atoms with E-state index < -0.39 is 0 Å². The van der Waals surface area contributed by atoms with Gasteiger partial charge in [0.1, 0.15) is 5.82 Å². The fourth-order valence-corrected chi connectivity index (χ4v) is 5.22. The van der Waals surface area contributed by atoms with Crippen molar-refractivity contribution in [3.63, 3.8) is 0 Å². The van der Waals surface area contributed by atoms with E-state index in [9.17, 15) is 14.4 Å². The normalized spacial score (nSPS) is 19.9. The zero-order chi connectivity index (χ0) is 23.5. The van der Waals surface area contributed by atoms with Crippen molar-refractivity contribution in [1.29, 1.82) is 0 Å². The lowest BCUT2D eigenvalue weighted by Crippen LogP contribution is -2.51. The van der Waals surface area contributed by atoms with Crippen LogP contribution in [0.2, 0.25) is 0 Å².